The largest absolute Gasteiger partial charge is 0.481 e. The summed E-state index contributed by atoms with van der Waals surface area (Å²) < 4.78 is 30.2. The van der Waals surface area contributed by atoms with Gasteiger partial charge in [-0.1, -0.05) is 20.8 Å². The SMILES string of the molecule is COC(=O)C(C)CS(=O)(=O)NCC(CC(C)C)C(=O)O. The summed E-state index contributed by atoms with van der Waals surface area (Å²) >= 11 is 0. The van der Waals surface area contributed by atoms with Gasteiger partial charge in [-0.15, -0.1) is 0 Å². The van der Waals surface area contributed by atoms with E-state index in [1.807, 2.05) is 13.8 Å². The summed E-state index contributed by atoms with van der Waals surface area (Å²) in [4.78, 5) is 22.2. The summed E-state index contributed by atoms with van der Waals surface area (Å²) in [7, 11) is -2.53. The van der Waals surface area contributed by atoms with E-state index in [-0.39, 0.29) is 12.5 Å². The maximum atomic E-state index is 11.8. The Balaban J connectivity index is 4.53. The molecule has 20 heavy (non-hydrogen) atoms. The molecule has 0 aliphatic carbocycles. The number of carbonyl (C=O) groups is 2. The Morgan fingerprint density at radius 2 is 1.80 bits per heavy atom. The van der Waals surface area contributed by atoms with Crippen LogP contribution in [-0.4, -0.2) is 44.9 Å². The van der Waals surface area contributed by atoms with E-state index >= 15 is 0 Å². The van der Waals surface area contributed by atoms with Crippen LogP contribution in [0.4, 0.5) is 0 Å². The van der Waals surface area contributed by atoms with Crippen molar-refractivity contribution in [1.82, 2.24) is 4.72 Å². The molecule has 0 radical (unpaired) electrons. The fourth-order valence-electron chi connectivity index (χ4n) is 1.73. The fourth-order valence-corrected chi connectivity index (χ4v) is 3.09. The molecule has 0 saturated carbocycles. The van der Waals surface area contributed by atoms with E-state index in [0.29, 0.717) is 6.42 Å². The molecule has 2 atom stereocenters. The molecule has 7 nitrogen and oxygen atoms in total. The molecule has 0 aliphatic rings. The van der Waals surface area contributed by atoms with Gasteiger partial charge in [-0.05, 0) is 12.3 Å². The normalized spacial score (nSPS) is 14.8. The molecule has 118 valence electrons. The monoisotopic (exact) mass is 309 g/mol. The van der Waals surface area contributed by atoms with Crippen molar-refractivity contribution in [2.24, 2.45) is 17.8 Å². The first kappa shape index (κ1) is 18.9. The number of hydrogen-bond acceptors (Lipinski definition) is 5. The van der Waals surface area contributed by atoms with E-state index in [4.69, 9.17) is 5.11 Å². The van der Waals surface area contributed by atoms with Gasteiger partial charge in [0.25, 0.3) is 0 Å². The number of nitrogens with one attached hydrogen (secondary N) is 1. The van der Waals surface area contributed by atoms with Gasteiger partial charge < -0.3 is 9.84 Å². The van der Waals surface area contributed by atoms with Gasteiger partial charge in [0.05, 0.1) is 24.7 Å². The molecule has 2 unspecified atom stereocenters. The Kier molecular flexibility index (Phi) is 7.74. The van der Waals surface area contributed by atoms with Gasteiger partial charge in [0.2, 0.25) is 10.0 Å². The number of sulfonamides is 1. The van der Waals surface area contributed by atoms with Crippen LogP contribution in [0.1, 0.15) is 27.2 Å². The van der Waals surface area contributed by atoms with Gasteiger partial charge in [-0.3, -0.25) is 9.59 Å². The van der Waals surface area contributed by atoms with Crippen LogP contribution in [-0.2, 0) is 24.3 Å². The van der Waals surface area contributed by atoms with Crippen LogP contribution in [0.25, 0.3) is 0 Å². The van der Waals surface area contributed by atoms with E-state index < -0.39 is 39.6 Å². The molecule has 0 aromatic carbocycles. The highest BCUT2D eigenvalue weighted by atomic mass is 32.2. The summed E-state index contributed by atoms with van der Waals surface area (Å²) in [6, 6.07) is 0. The predicted octanol–water partition coefficient (Wildman–Crippen LogP) is 0.462. The third-order valence-corrected chi connectivity index (χ3v) is 4.27. The first-order valence-electron chi connectivity index (χ1n) is 6.37. The molecule has 0 heterocycles. The lowest BCUT2D eigenvalue weighted by molar-refractivity contribution is -0.144. The zero-order chi connectivity index (χ0) is 15.9. The van der Waals surface area contributed by atoms with Crippen LogP contribution < -0.4 is 4.72 Å². The fraction of sp³-hybridized carbons (Fsp3) is 0.833. The van der Waals surface area contributed by atoms with Crippen molar-refractivity contribution in [1.29, 1.82) is 0 Å². The van der Waals surface area contributed by atoms with Gasteiger partial charge >= 0.3 is 11.9 Å². The molecule has 0 aromatic rings. The van der Waals surface area contributed by atoms with E-state index in [1.54, 1.807) is 0 Å². The summed E-state index contributed by atoms with van der Waals surface area (Å²) in [5.41, 5.74) is 0. The minimum atomic E-state index is -3.71. The molecule has 0 fully saturated rings. The number of carboxylic acid groups (broad SMARTS) is 1. The topological polar surface area (TPSA) is 110 Å². The minimum absolute atomic E-state index is 0.148. The number of hydrogen-bond donors (Lipinski definition) is 2. The first-order chi connectivity index (χ1) is 9.09. The van der Waals surface area contributed by atoms with Crippen molar-refractivity contribution < 1.29 is 27.9 Å². The van der Waals surface area contributed by atoms with Gasteiger partial charge in [-0.2, -0.15) is 0 Å². The lowest BCUT2D eigenvalue weighted by Crippen LogP contribution is -2.37. The van der Waals surface area contributed by atoms with Crippen LogP contribution in [0.5, 0.6) is 0 Å². The highest BCUT2D eigenvalue weighted by Gasteiger charge is 2.25. The quantitative estimate of drug-likeness (QED) is 0.599. The average molecular weight is 309 g/mol. The molecule has 0 bridgehead atoms. The number of aliphatic carboxylic acids is 1. The van der Waals surface area contributed by atoms with Crippen LogP contribution in [0.3, 0.4) is 0 Å². The first-order valence-corrected chi connectivity index (χ1v) is 8.02. The van der Waals surface area contributed by atoms with Crippen molar-refractivity contribution in [3.63, 3.8) is 0 Å². The summed E-state index contributed by atoms with van der Waals surface area (Å²) in [6.45, 7) is 4.99. The molecule has 0 aliphatic heterocycles. The zero-order valence-electron chi connectivity index (χ0n) is 12.3. The lowest BCUT2D eigenvalue weighted by atomic mass is 9.98. The van der Waals surface area contributed by atoms with Gasteiger partial charge in [-0.25, -0.2) is 13.1 Å². The second-order valence-corrected chi connectivity index (χ2v) is 7.07. The Morgan fingerprint density at radius 1 is 1.25 bits per heavy atom. The van der Waals surface area contributed by atoms with E-state index in [0.717, 1.165) is 0 Å². The third kappa shape index (κ3) is 7.44. The van der Waals surface area contributed by atoms with Crippen LogP contribution in [0.15, 0.2) is 0 Å². The van der Waals surface area contributed by atoms with E-state index in [9.17, 15) is 18.0 Å². The average Bonchev–Trinajstić information content (AvgIpc) is 2.32. The number of carboxylic acids is 1. The molecule has 0 amide bonds. The van der Waals surface area contributed by atoms with Crippen molar-refractivity contribution in [2.45, 2.75) is 27.2 Å². The number of rotatable bonds is 9. The smallest absolute Gasteiger partial charge is 0.309 e. The minimum Gasteiger partial charge on any atom is -0.481 e. The zero-order valence-corrected chi connectivity index (χ0v) is 13.1. The second kappa shape index (κ2) is 8.21. The summed E-state index contributed by atoms with van der Waals surface area (Å²) in [5.74, 6) is -3.51. The molecule has 8 heteroatoms. The van der Waals surface area contributed by atoms with E-state index in [2.05, 4.69) is 9.46 Å². The maximum Gasteiger partial charge on any atom is 0.309 e. The van der Waals surface area contributed by atoms with Crippen molar-refractivity contribution in [2.75, 3.05) is 19.4 Å². The standard InChI is InChI=1S/C12H23NO6S/c1-8(2)5-10(11(14)15)6-13-20(17,18)7-9(3)12(16)19-4/h8-10,13H,5-7H2,1-4H3,(H,14,15). The molecule has 2 N–H and O–H groups in total. The molecule has 0 aromatic heterocycles. The highest BCUT2D eigenvalue weighted by Crippen LogP contribution is 2.12. The number of methoxy groups -OCH3 is 1. The molecule has 0 spiro atoms. The predicted molar refractivity (Wildman–Crippen MR) is 73.6 cm³/mol. The van der Waals surface area contributed by atoms with Crippen LogP contribution in [0.2, 0.25) is 0 Å². The van der Waals surface area contributed by atoms with Crippen LogP contribution in [0, 0.1) is 17.8 Å². The Labute approximate surface area is 119 Å². The van der Waals surface area contributed by atoms with Gasteiger partial charge in [0.1, 0.15) is 0 Å². The third-order valence-electron chi connectivity index (χ3n) is 2.73. The number of esters is 1. The maximum absolute atomic E-state index is 11.8. The van der Waals surface area contributed by atoms with E-state index in [1.165, 1.54) is 14.0 Å². The van der Waals surface area contributed by atoms with Crippen molar-refractivity contribution in [3.8, 4) is 0 Å². The van der Waals surface area contributed by atoms with Crippen LogP contribution >= 0.6 is 0 Å². The Morgan fingerprint density at radius 3 is 2.20 bits per heavy atom. The van der Waals surface area contributed by atoms with Crippen molar-refractivity contribution in [3.05, 3.63) is 0 Å². The highest BCUT2D eigenvalue weighted by molar-refractivity contribution is 7.89. The number of ether oxygens (including phenoxy) is 1. The molecule has 0 rings (SSSR count). The molecular weight excluding hydrogens is 286 g/mol. The lowest BCUT2D eigenvalue weighted by Gasteiger charge is -2.16. The molecule has 0 saturated heterocycles. The number of carbonyl (C=O) groups excluding carboxylic acids is 1. The summed E-state index contributed by atoms with van der Waals surface area (Å²) in [5, 5.41) is 9.02. The Bertz CT molecular complexity index is 431. The van der Waals surface area contributed by atoms with Gasteiger partial charge in [0, 0.05) is 6.54 Å². The molecular formula is C12H23NO6S. The van der Waals surface area contributed by atoms with Gasteiger partial charge in [0.15, 0.2) is 0 Å². The Hall–Kier alpha value is -1.15. The second-order valence-electron chi connectivity index (χ2n) is 5.22. The summed E-state index contributed by atoms with van der Waals surface area (Å²) in [6.07, 6.45) is 0.379. The van der Waals surface area contributed by atoms with Crippen molar-refractivity contribution >= 4 is 22.0 Å².